The normalized spacial score (nSPS) is 11.0. The van der Waals surface area contributed by atoms with Gasteiger partial charge >= 0.3 is 0 Å². The molecule has 7 heteroatoms. The largest absolute Gasteiger partial charge is 0.394 e. The van der Waals surface area contributed by atoms with Gasteiger partial charge in [-0.15, -0.1) is 0 Å². The number of aliphatic hydroxyl groups is 1. The maximum Gasteiger partial charge on any atom is 0.163 e. The van der Waals surface area contributed by atoms with E-state index in [1.54, 1.807) is 22.2 Å². The molecule has 0 aliphatic rings. The minimum Gasteiger partial charge on any atom is -0.394 e. The van der Waals surface area contributed by atoms with E-state index in [-0.39, 0.29) is 6.61 Å². The maximum atomic E-state index is 9.00. The molecule has 0 bridgehead atoms. The van der Waals surface area contributed by atoms with Crippen LogP contribution in [0.3, 0.4) is 0 Å². The van der Waals surface area contributed by atoms with Crippen LogP contribution in [0.5, 0.6) is 0 Å². The summed E-state index contributed by atoms with van der Waals surface area (Å²) in [6, 6.07) is 9.92. The fourth-order valence-electron chi connectivity index (χ4n) is 2.48. The number of anilines is 2. The van der Waals surface area contributed by atoms with E-state index >= 15 is 0 Å². The van der Waals surface area contributed by atoms with Crippen molar-refractivity contribution in [1.29, 1.82) is 0 Å². The number of thiophene rings is 1. The first-order chi connectivity index (χ1) is 11.8. The van der Waals surface area contributed by atoms with Crippen LogP contribution in [-0.4, -0.2) is 31.5 Å². The zero-order valence-electron chi connectivity index (χ0n) is 12.8. The second-order valence-electron chi connectivity index (χ2n) is 5.27. The standard InChI is InChI=1S/C17H15N5OS/c23-7-6-22-10-13(9-18-22)19-17-14-3-1-2-4-15(14)20-16(21-17)12-5-8-24-11-12/h1-5,8-11,23H,6-7H2,(H,19,20,21). The van der Waals surface area contributed by atoms with Crippen molar-refractivity contribution in [2.45, 2.75) is 6.54 Å². The average molecular weight is 337 g/mol. The predicted molar refractivity (Wildman–Crippen MR) is 95.4 cm³/mol. The first-order valence-corrected chi connectivity index (χ1v) is 8.47. The minimum atomic E-state index is 0.0554. The molecule has 3 heterocycles. The molecule has 6 nitrogen and oxygen atoms in total. The van der Waals surface area contributed by atoms with E-state index in [2.05, 4.69) is 15.4 Å². The van der Waals surface area contributed by atoms with Crippen molar-refractivity contribution < 1.29 is 5.11 Å². The van der Waals surface area contributed by atoms with Gasteiger partial charge in [0.2, 0.25) is 0 Å². The quantitative estimate of drug-likeness (QED) is 0.584. The lowest BCUT2D eigenvalue weighted by atomic mass is 10.2. The molecule has 0 fully saturated rings. The van der Waals surface area contributed by atoms with Gasteiger partial charge in [-0.05, 0) is 23.6 Å². The van der Waals surface area contributed by atoms with Crippen molar-refractivity contribution in [2.75, 3.05) is 11.9 Å². The van der Waals surface area contributed by atoms with Gasteiger partial charge in [0, 0.05) is 22.5 Å². The van der Waals surface area contributed by atoms with Crippen LogP contribution < -0.4 is 5.32 Å². The highest BCUT2D eigenvalue weighted by atomic mass is 32.1. The number of hydrogen-bond acceptors (Lipinski definition) is 6. The van der Waals surface area contributed by atoms with E-state index in [0.29, 0.717) is 12.4 Å². The molecule has 0 radical (unpaired) electrons. The van der Waals surface area contributed by atoms with Gasteiger partial charge in [0.25, 0.3) is 0 Å². The fourth-order valence-corrected chi connectivity index (χ4v) is 3.12. The van der Waals surface area contributed by atoms with Crippen LogP contribution in [0, 0.1) is 0 Å². The molecule has 0 amide bonds. The van der Waals surface area contributed by atoms with Crippen molar-refractivity contribution in [1.82, 2.24) is 19.7 Å². The summed E-state index contributed by atoms with van der Waals surface area (Å²) in [5.41, 5.74) is 2.72. The molecule has 0 saturated carbocycles. The van der Waals surface area contributed by atoms with Gasteiger partial charge in [0.05, 0.1) is 30.6 Å². The highest BCUT2D eigenvalue weighted by Gasteiger charge is 2.10. The van der Waals surface area contributed by atoms with Gasteiger partial charge in [-0.25, -0.2) is 9.97 Å². The van der Waals surface area contributed by atoms with E-state index in [4.69, 9.17) is 10.1 Å². The summed E-state index contributed by atoms with van der Waals surface area (Å²) in [5, 5.41) is 21.5. The number of nitrogens with zero attached hydrogens (tertiary/aromatic N) is 4. The molecule has 0 aliphatic heterocycles. The number of nitrogens with one attached hydrogen (secondary N) is 1. The van der Waals surface area contributed by atoms with Gasteiger partial charge < -0.3 is 10.4 Å². The number of fused-ring (bicyclic) bond motifs is 1. The Hall–Kier alpha value is -2.77. The highest BCUT2D eigenvalue weighted by molar-refractivity contribution is 7.08. The Kier molecular flexibility index (Phi) is 3.94. The van der Waals surface area contributed by atoms with Crippen LogP contribution in [0.4, 0.5) is 11.5 Å². The molecule has 2 N–H and O–H groups in total. The van der Waals surface area contributed by atoms with E-state index in [1.807, 2.05) is 47.3 Å². The second kappa shape index (κ2) is 6.38. The molecule has 0 unspecified atom stereocenters. The SMILES string of the molecule is OCCn1cc(Nc2nc(-c3ccsc3)nc3ccccc23)cn1. The van der Waals surface area contributed by atoms with Crippen molar-refractivity contribution in [3.05, 3.63) is 53.5 Å². The topological polar surface area (TPSA) is 75.9 Å². The van der Waals surface area contributed by atoms with E-state index < -0.39 is 0 Å². The van der Waals surface area contributed by atoms with Crippen molar-refractivity contribution in [2.24, 2.45) is 0 Å². The Morgan fingerprint density at radius 3 is 2.92 bits per heavy atom. The lowest BCUT2D eigenvalue weighted by Crippen LogP contribution is -2.02. The van der Waals surface area contributed by atoms with Gasteiger partial charge in [0.15, 0.2) is 5.82 Å². The zero-order valence-corrected chi connectivity index (χ0v) is 13.6. The highest BCUT2D eigenvalue weighted by Crippen LogP contribution is 2.27. The van der Waals surface area contributed by atoms with Crippen LogP contribution in [0.15, 0.2) is 53.5 Å². The molecule has 4 rings (SSSR count). The molecule has 0 atom stereocenters. The van der Waals surface area contributed by atoms with Gasteiger partial charge in [-0.2, -0.15) is 16.4 Å². The number of aromatic nitrogens is 4. The van der Waals surface area contributed by atoms with Gasteiger partial charge in [-0.3, -0.25) is 4.68 Å². The molecule has 120 valence electrons. The first kappa shape index (κ1) is 14.8. The molecule has 4 aromatic rings. The van der Waals surface area contributed by atoms with Crippen molar-refractivity contribution >= 4 is 33.7 Å². The van der Waals surface area contributed by atoms with Gasteiger partial charge in [-0.1, -0.05) is 12.1 Å². The molecule has 0 saturated heterocycles. The Balaban J connectivity index is 1.77. The summed E-state index contributed by atoms with van der Waals surface area (Å²) >= 11 is 1.62. The molecule has 3 aromatic heterocycles. The van der Waals surface area contributed by atoms with Crippen molar-refractivity contribution in [3.63, 3.8) is 0 Å². The third-order valence-corrected chi connectivity index (χ3v) is 4.29. The molecule has 24 heavy (non-hydrogen) atoms. The zero-order chi connectivity index (χ0) is 16.4. The van der Waals surface area contributed by atoms with Gasteiger partial charge in [0.1, 0.15) is 5.82 Å². The Morgan fingerprint density at radius 2 is 2.08 bits per heavy atom. The molecule has 0 spiro atoms. The second-order valence-corrected chi connectivity index (χ2v) is 6.05. The summed E-state index contributed by atoms with van der Waals surface area (Å²) < 4.78 is 1.69. The monoisotopic (exact) mass is 337 g/mol. The summed E-state index contributed by atoms with van der Waals surface area (Å²) in [7, 11) is 0. The maximum absolute atomic E-state index is 9.00. The smallest absolute Gasteiger partial charge is 0.163 e. The Labute approximate surface area is 142 Å². The molecular weight excluding hydrogens is 322 g/mol. The number of para-hydroxylation sites is 1. The van der Waals surface area contributed by atoms with E-state index in [1.165, 1.54) is 0 Å². The number of benzene rings is 1. The van der Waals surface area contributed by atoms with E-state index in [9.17, 15) is 0 Å². The minimum absolute atomic E-state index is 0.0554. The Morgan fingerprint density at radius 1 is 1.17 bits per heavy atom. The third-order valence-electron chi connectivity index (χ3n) is 3.61. The molecule has 1 aromatic carbocycles. The van der Waals surface area contributed by atoms with Crippen LogP contribution in [0.2, 0.25) is 0 Å². The Bertz CT molecular complexity index is 964. The van der Waals surface area contributed by atoms with Crippen LogP contribution in [0.25, 0.3) is 22.3 Å². The first-order valence-electron chi connectivity index (χ1n) is 7.53. The average Bonchev–Trinajstić information content (AvgIpc) is 3.27. The predicted octanol–water partition coefficient (Wildman–Crippen LogP) is 3.29. The number of rotatable bonds is 5. The summed E-state index contributed by atoms with van der Waals surface area (Å²) in [4.78, 5) is 9.35. The summed E-state index contributed by atoms with van der Waals surface area (Å²) in [5.74, 6) is 1.44. The number of hydrogen-bond donors (Lipinski definition) is 2. The third kappa shape index (κ3) is 2.86. The molecule has 0 aliphatic carbocycles. The lowest BCUT2D eigenvalue weighted by Gasteiger charge is -2.09. The summed E-state index contributed by atoms with van der Waals surface area (Å²) in [6.07, 6.45) is 3.56. The number of aliphatic hydroxyl groups excluding tert-OH is 1. The van der Waals surface area contributed by atoms with Crippen molar-refractivity contribution in [3.8, 4) is 11.4 Å². The van der Waals surface area contributed by atoms with Crippen LogP contribution in [-0.2, 0) is 6.54 Å². The molecular formula is C17H15N5OS. The fraction of sp³-hybridized carbons (Fsp3) is 0.118. The lowest BCUT2D eigenvalue weighted by molar-refractivity contribution is 0.269. The van der Waals surface area contributed by atoms with E-state index in [0.717, 1.165) is 28.0 Å². The van der Waals surface area contributed by atoms with Crippen LogP contribution in [0.1, 0.15) is 0 Å². The van der Waals surface area contributed by atoms with Crippen LogP contribution >= 0.6 is 11.3 Å². The summed E-state index contributed by atoms with van der Waals surface area (Å²) in [6.45, 7) is 0.520.